The monoisotopic (exact) mass is 224 g/mol. The van der Waals surface area contributed by atoms with Crippen molar-refractivity contribution in [1.82, 2.24) is 0 Å². The summed E-state index contributed by atoms with van der Waals surface area (Å²) in [4.78, 5) is 0. The molecule has 0 amide bonds. The highest BCUT2D eigenvalue weighted by molar-refractivity contribution is 7.52. The molecular weight excluding hydrogens is 222 g/mol. The summed E-state index contributed by atoms with van der Waals surface area (Å²) in [6.45, 7) is 0. The highest BCUT2D eigenvalue weighted by Gasteiger charge is 2.40. The van der Waals surface area contributed by atoms with Gasteiger partial charge in [-0.05, 0) is 0 Å². The van der Waals surface area contributed by atoms with E-state index in [9.17, 15) is 26.1 Å². The van der Waals surface area contributed by atoms with Crippen LogP contribution in [0.2, 0.25) is 0 Å². The Kier molecular flexibility index (Phi) is 5.62. The van der Waals surface area contributed by atoms with E-state index in [4.69, 9.17) is 0 Å². The molecule has 0 unspecified atom stereocenters. The average molecular weight is 223 g/mol. The van der Waals surface area contributed by atoms with E-state index >= 15 is 0 Å². The molecule has 0 spiro atoms. The van der Waals surface area contributed by atoms with Crippen LogP contribution < -0.4 is 0 Å². The molecule has 0 saturated carbocycles. The lowest BCUT2D eigenvalue weighted by Gasteiger charge is -2.13. The first kappa shape index (κ1) is 13.0. The number of halogens is 5. The van der Waals surface area contributed by atoms with Crippen LogP contribution in [0.1, 0.15) is 0 Å². The fraction of sp³-hybridized carbons (Fsp3) is 0. The van der Waals surface area contributed by atoms with E-state index in [0.29, 0.717) is 0 Å². The molecule has 0 aliphatic heterocycles. The van der Waals surface area contributed by atoms with Crippen molar-refractivity contribution in [1.29, 1.82) is 0 Å². The molecule has 0 aliphatic rings. The Hall–Kier alpha value is -0.0452. The fourth-order valence-electron chi connectivity index (χ4n) is 0.341. The zero-order valence-corrected chi connectivity index (χ0v) is 6.73. The maximum Gasteiger partial charge on any atom is 0.729 e. The Bertz CT molecular complexity index is 173. The molecule has 4 nitrogen and oxygen atoms in total. The Morgan fingerprint density at radius 3 is 1.69 bits per heavy atom. The predicted octanol–water partition coefficient (Wildman–Crippen LogP) is 1.23. The summed E-state index contributed by atoms with van der Waals surface area (Å²) in [7, 11) is -14.4. The van der Waals surface area contributed by atoms with E-state index in [-0.39, 0.29) is 0 Å². The lowest BCUT2D eigenvalue weighted by Crippen LogP contribution is -2.12. The molecule has 13 heavy (non-hydrogen) atoms. The molecule has 0 aromatic rings. The van der Waals surface area contributed by atoms with Crippen LogP contribution in [-0.4, -0.2) is 22.7 Å². The van der Waals surface area contributed by atoms with Crippen molar-refractivity contribution in [2.75, 3.05) is 0 Å². The van der Waals surface area contributed by atoms with Gasteiger partial charge >= 0.3 is 30.5 Å². The zero-order chi connectivity index (χ0) is 10.5. The van der Waals surface area contributed by atoms with Gasteiger partial charge in [-0.2, -0.15) is 0 Å². The standard InChI is InChI=1S/B3F5HO4P/c4-1-10-13(9,11-2(5)6)12-3(7)8/h1H. The predicted molar refractivity (Wildman–Crippen MR) is 35.1 cm³/mol. The maximum atomic E-state index is 11.4. The molecule has 0 fully saturated rings. The summed E-state index contributed by atoms with van der Waals surface area (Å²) in [6.07, 6.45) is 0. The zero-order valence-electron chi connectivity index (χ0n) is 5.83. The second kappa shape index (κ2) is 5.64. The van der Waals surface area contributed by atoms with Gasteiger partial charge in [0.05, 0.1) is 0 Å². The van der Waals surface area contributed by atoms with Crippen LogP contribution >= 0.6 is 7.82 Å². The largest absolute Gasteiger partial charge is 0.729 e. The Morgan fingerprint density at radius 2 is 1.46 bits per heavy atom. The average Bonchev–Trinajstić information content (AvgIpc) is 1.81. The van der Waals surface area contributed by atoms with Gasteiger partial charge in [0, 0.05) is 0 Å². The molecule has 0 saturated heterocycles. The Balaban J connectivity index is 4.25. The number of rotatable bonds is 6. The first-order chi connectivity index (χ1) is 5.89. The summed E-state index contributed by atoms with van der Waals surface area (Å²) in [5.74, 6) is 0. The molecule has 0 atom stereocenters. The molecule has 74 valence electrons. The summed E-state index contributed by atoms with van der Waals surface area (Å²) in [6, 6.07) is 0. The SMILES string of the molecule is O=P(OBF)(OB(F)F)OB(F)F. The van der Waals surface area contributed by atoms with Crippen LogP contribution in [0.15, 0.2) is 0 Å². The van der Waals surface area contributed by atoms with E-state index in [1.165, 1.54) is 0 Å². The lowest BCUT2D eigenvalue weighted by molar-refractivity contribution is 0.255. The van der Waals surface area contributed by atoms with Crippen molar-refractivity contribution in [3.05, 3.63) is 0 Å². The van der Waals surface area contributed by atoms with Gasteiger partial charge in [0.25, 0.3) is 0 Å². The van der Waals surface area contributed by atoms with E-state index in [1.54, 1.807) is 0 Å². The van der Waals surface area contributed by atoms with Crippen LogP contribution in [0.4, 0.5) is 21.6 Å². The summed E-state index contributed by atoms with van der Waals surface area (Å²) in [5.41, 5.74) is 0. The summed E-state index contributed by atoms with van der Waals surface area (Å²) >= 11 is 0. The number of hydrogen-bond acceptors (Lipinski definition) is 4. The third-order valence-electron chi connectivity index (χ3n) is 0.624. The molecule has 0 aromatic carbocycles. The van der Waals surface area contributed by atoms with Gasteiger partial charge in [-0.1, -0.05) is 0 Å². The Labute approximate surface area is 71.1 Å². The third-order valence-corrected chi connectivity index (χ3v) is 1.87. The third kappa shape index (κ3) is 6.08. The van der Waals surface area contributed by atoms with Crippen LogP contribution in [0, 0.1) is 0 Å². The van der Waals surface area contributed by atoms with Crippen LogP contribution in [0.25, 0.3) is 0 Å². The molecule has 0 aromatic heterocycles. The normalized spacial score (nSPS) is 11.2. The number of phosphoric acid groups is 1. The molecule has 0 aliphatic carbocycles. The highest BCUT2D eigenvalue weighted by Crippen LogP contribution is 2.50. The molecule has 13 heteroatoms. The topological polar surface area (TPSA) is 44.8 Å². The van der Waals surface area contributed by atoms with Gasteiger partial charge in [0.2, 0.25) is 0 Å². The van der Waals surface area contributed by atoms with E-state index in [0.717, 1.165) is 0 Å². The van der Waals surface area contributed by atoms with Crippen LogP contribution in [0.5, 0.6) is 0 Å². The van der Waals surface area contributed by atoms with Crippen molar-refractivity contribution in [3.63, 3.8) is 0 Å². The van der Waals surface area contributed by atoms with Crippen LogP contribution in [-0.2, 0) is 17.9 Å². The van der Waals surface area contributed by atoms with Gasteiger partial charge in [0.1, 0.15) is 0 Å². The molecule has 0 rings (SSSR count). The molecule has 0 radical (unpaired) electrons. The lowest BCUT2D eigenvalue weighted by atomic mass is 10.4. The molecule has 0 heterocycles. The molecule has 0 N–H and O–H groups in total. The second-order valence-corrected chi connectivity index (χ2v) is 2.99. The first-order valence-electron chi connectivity index (χ1n) is 2.63. The second-order valence-electron chi connectivity index (χ2n) is 1.42. The van der Waals surface area contributed by atoms with E-state index in [1.807, 2.05) is 0 Å². The quantitative estimate of drug-likeness (QED) is 0.386. The minimum Gasteiger partial charge on any atom is -0.318 e. The fourth-order valence-corrected chi connectivity index (χ4v) is 1.02. The van der Waals surface area contributed by atoms with Gasteiger partial charge in [0.15, 0.2) is 0 Å². The van der Waals surface area contributed by atoms with Crippen molar-refractivity contribution < 1.29 is 39.5 Å². The van der Waals surface area contributed by atoms with Gasteiger partial charge in [-0.15, -0.1) is 0 Å². The van der Waals surface area contributed by atoms with Crippen molar-refractivity contribution >= 4 is 30.5 Å². The minimum absolute atomic E-state index is 1.85. The number of hydrogen-bond donors (Lipinski definition) is 0. The molecule has 0 bridgehead atoms. The smallest absolute Gasteiger partial charge is 0.318 e. The van der Waals surface area contributed by atoms with Crippen molar-refractivity contribution in [2.45, 2.75) is 0 Å². The van der Waals surface area contributed by atoms with E-state index in [2.05, 4.69) is 13.3 Å². The highest BCUT2D eigenvalue weighted by atomic mass is 31.2. The van der Waals surface area contributed by atoms with E-state index < -0.39 is 30.5 Å². The first-order valence-corrected chi connectivity index (χ1v) is 4.09. The Morgan fingerprint density at radius 1 is 1.08 bits per heavy atom. The van der Waals surface area contributed by atoms with Crippen LogP contribution in [0.3, 0.4) is 0 Å². The summed E-state index contributed by atoms with van der Waals surface area (Å²) < 4.78 is 76.9. The van der Waals surface area contributed by atoms with Gasteiger partial charge in [-0.3, -0.25) is 30.5 Å². The van der Waals surface area contributed by atoms with Crippen molar-refractivity contribution in [3.8, 4) is 0 Å². The maximum absolute atomic E-state index is 11.4. The minimum atomic E-state index is -5.21. The molecular formula is HB3F5O4P. The van der Waals surface area contributed by atoms with Gasteiger partial charge in [-0.25, -0.2) is 4.57 Å². The summed E-state index contributed by atoms with van der Waals surface area (Å²) in [5, 5.41) is 0. The van der Waals surface area contributed by atoms with Gasteiger partial charge < -0.3 is 4.44 Å². The van der Waals surface area contributed by atoms with Crippen molar-refractivity contribution in [2.24, 2.45) is 0 Å².